The summed E-state index contributed by atoms with van der Waals surface area (Å²) in [6.45, 7) is 1.48. The summed E-state index contributed by atoms with van der Waals surface area (Å²) < 4.78 is 25.3. The van der Waals surface area contributed by atoms with E-state index in [1.807, 2.05) is 0 Å². The molecule has 0 aliphatic heterocycles. The second kappa shape index (κ2) is 5.22. The highest BCUT2D eigenvalue weighted by Crippen LogP contribution is 2.29. The van der Waals surface area contributed by atoms with E-state index >= 15 is 0 Å². The van der Waals surface area contributed by atoms with E-state index in [1.165, 1.54) is 26.1 Å². The van der Waals surface area contributed by atoms with Crippen LogP contribution in [0.25, 0.3) is 0 Å². The van der Waals surface area contributed by atoms with Gasteiger partial charge < -0.3 is 10.8 Å². The Morgan fingerprint density at radius 1 is 1.53 bits per heavy atom. The van der Waals surface area contributed by atoms with Crippen molar-refractivity contribution in [2.24, 2.45) is 0 Å². The Morgan fingerprint density at radius 3 is 2.59 bits per heavy atom. The van der Waals surface area contributed by atoms with Crippen molar-refractivity contribution < 1.29 is 13.5 Å². The van der Waals surface area contributed by atoms with Gasteiger partial charge >= 0.3 is 0 Å². The van der Waals surface area contributed by atoms with E-state index in [-0.39, 0.29) is 22.2 Å². The number of benzene rings is 1. The molecule has 7 heteroatoms. The molecule has 0 amide bonds. The van der Waals surface area contributed by atoms with Gasteiger partial charge in [-0.1, -0.05) is 17.7 Å². The summed E-state index contributed by atoms with van der Waals surface area (Å²) >= 11 is 5.85. The number of nitrogens with zero attached hydrogens (tertiary/aromatic N) is 1. The molecule has 0 aromatic heterocycles. The average molecular weight is 279 g/mol. The summed E-state index contributed by atoms with van der Waals surface area (Å²) in [5.74, 6) is 0. The number of aliphatic hydroxyl groups is 1. The van der Waals surface area contributed by atoms with E-state index in [0.29, 0.717) is 0 Å². The van der Waals surface area contributed by atoms with Gasteiger partial charge in [0.05, 0.1) is 16.8 Å². The van der Waals surface area contributed by atoms with Crippen molar-refractivity contribution in [2.45, 2.75) is 17.9 Å². The molecular formula is C10H15ClN2O3S. The third kappa shape index (κ3) is 3.10. The molecule has 1 aromatic rings. The summed E-state index contributed by atoms with van der Waals surface area (Å²) in [7, 11) is -2.41. The first-order valence-corrected chi connectivity index (χ1v) is 6.77. The number of rotatable bonds is 4. The largest absolute Gasteiger partial charge is 0.398 e. The zero-order chi connectivity index (χ0) is 13.2. The number of likely N-dealkylation sites (N-methyl/N-ethyl adjacent to an activating group) is 1. The summed E-state index contributed by atoms with van der Waals surface area (Å²) in [4.78, 5) is -0.121. The second-order valence-electron chi connectivity index (χ2n) is 3.79. The summed E-state index contributed by atoms with van der Waals surface area (Å²) in [6, 6.07) is 4.50. The molecule has 1 aromatic carbocycles. The standard InChI is InChI=1S/C10H15ClN2O3S/c1-7(14)6-13(2)17(15,16)10-8(11)4-3-5-9(10)12/h3-5,7,14H,6,12H2,1-2H3. The van der Waals surface area contributed by atoms with E-state index in [2.05, 4.69) is 0 Å². The Bertz CT molecular complexity index is 482. The molecule has 0 heterocycles. The minimum atomic E-state index is -3.78. The third-order valence-corrected chi connectivity index (χ3v) is 4.56. The van der Waals surface area contributed by atoms with Crippen molar-refractivity contribution in [2.75, 3.05) is 19.3 Å². The molecule has 3 N–H and O–H groups in total. The van der Waals surface area contributed by atoms with Gasteiger partial charge in [0, 0.05) is 13.6 Å². The van der Waals surface area contributed by atoms with Gasteiger partial charge in [0.2, 0.25) is 10.0 Å². The molecule has 0 aliphatic rings. The number of nitrogens with two attached hydrogens (primary N) is 1. The van der Waals surface area contributed by atoms with E-state index in [9.17, 15) is 13.5 Å². The lowest BCUT2D eigenvalue weighted by Crippen LogP contribution is -2.33. The zero-order valence-corrected chi connectivity index (χ0v) is 11.2. The number of nitrogen functional groups attached to an aromatic ring is 1. The van der Waals surface area contributed by atoms with Crippen molar-refractivity contribution in [3.05, 3.63) is 23.2 Å². The van der Waals surface area contributed by atoms with Gasteiger partial charge in [-0.2, -0.15) is 4.31 Å². The number of anilines is 1. The molecule has 1 atom stereocenters. The first-order valence-electron chi connectivity index (χ1n) is 4.95. The van der Waals surface area contributed by atoms with Crippen molar-refractivity contribution in [1.82, 2.24) is 4.31 Å². The quantitative estimate of drug-likeness (QED) is 0.803. The van der Waals surface area contributed by atoms with Crippen LogP contribution in [0.5, 0.6) is 0 Å². The molecule has 0 spiro atoms. The van der Waals surface area contributed by atoms with E-state index in [0.717, 1.165) is 4.31 Å². The maximum absolute atomic E-state index is 12.2. The number of hydrogen-bond acceptors (Lipinski definition) is 4. The fourth-order valence-corrected chi connectivity index (χ4v) is 3.30. The van der Waals surface area contributed by atoms with Gasteiger partial charge in [-0.15, -0.1) is 0 Å². The van der Waals surface area contributed by atoms with Crippen LogP contribution >= 0.6 is 11.6 Å². The smallest absolute Gasteiger partial charge is 0.246 e. The van der Waals surface area contributed by atoms with Crippen LogP contribution < -0.4 is 5.73 Å². The number of sulfonamides is 1. The molecule has 0 aliphatic carbocycles. The predicted octanol–water partition coefficient (Wildman–Crippen LogP) is 0.924. The third-order valence-electron chi connectivity index (χ3n) is 2.19. The Hall–Kier alpha value is -0.820. The fourth-order valence-electron chi connectivity index (χ4n) is 1.42. The second-order valence-corrected chi connectivity index (χ2v) is 6.18. The summed E-state index contributed by atoms with van der Waals surface area (Å²) in [6.07, 6.45) is -0.765. The van der Waals surface area contributed by atoms with Crippen LogP contribution in [0.15, 0.2) is 23.1 Å². The van der Waals surface area contributed by atoms with Crippen LogP contribution in [0.3, 0.4) is 0 Å². The highest BCUT2D eigenvalue weighted by atomic mass is 35.5. The molecule has 5 nitrogen and oxygen atoms in total. The zero-order valence-electron chi connectivity index (χ0n) is 9.59. The molecule has 1 rings (SSSR count). The number of hydrogen-bond donors (Lipinski definition) is 2. The lowest BCUT2D eigenvalue weighted by Gasteiger charge is -2.20. The van der Waals surface area contributed by atoms with Crippen molar-refractivity contribution in [1.29, 1.82) is 0 Å². The lowest BCUT2D eigenvalue weighted by molar-refractivity contribution is 0.171. The molecule has 0 bridgehead atoms. The fraction of sp³-hybridized carbons (Fsp3) is 0.400. The van der Waals surface area contributed by atoms with Gasteiger partial charge in [0.15, 0.2) is 0 Å². The minimum absolute atomic E-state index is 0.0208. The topological polar surface area (TPSA) is 83.6 Å². The number of halogens is 1. The summed E-state index contributed by atoms with van der Waals surface area (Å²) in [5.41, 5.74) is 5.72. The maximum atomic E-state index is 12.2. The molecule has 17 heavy (non-hydrogen) atoms. The van der Waals surface area contributed by atoms with Gasteiger partial charge in [0.1, 0.15) is 4.90 Å². The molecular weight excluding hydrogens is 264 g/mol. The van der Waals surface area contributed by atoms with Gasteiger partial charge in [-0.3, -0.25) is 0 Å². The lowest BCUT2D eigenvalue weighted by atomic mass is 10.3. The van der Waals surface area contributed by atoms with Gasteiger partial charge in [-0.25, -0.2) is 8.42 Å². The van der Waals surface area contributed by atoms with Gasteiger partial charge in [-0.05, 0) is 19.1 Å². The monoisotopic (exact) mass is 278 g/mol. The van der Waals surface area contributed by atoms with Crippen LogP contribution in [0.2, 0.25) is 5.02 Å². The molecule has 0 saturated carbocycles. The van der Waals surface area contributed by atoms with Crippen LogP contribution in [0, 0.1) is 0 Å². The molecule has 1 unspecified atom stereocenters. The van der Waals surface area contributed by atoms with Crippen LogP contribution in [-0.2, 0) is 10.0 Å². The molecule has 0 fully saturated rings. The van der Waals surface area contributed by atoms with Crippen LogP contribution in [0.4, 0.5) is 5.69 Å². The predicted molar refractivity (Wildman–Crippen MR) is 67.4 cm³/mol. The van der Waals surface area contributed by atoms with Crippen molar-refractivity contribution in [3.63, 3.8) is 0 Å². The number of aliphatic hydroxyl groups excluding tert-OH is 1. The Kier molecular flexibility index (Phi) is 4.37. The van der Waals surface area contributed by atoms with Gasteiger partial charge in [0.25, 0.3) is 0 Å². The van der Waals surface area contributed by atoms with Crippen molar-refractivity contribution in [3.8, 4) is 0 Å². The normalized spacial score (nSPS) is 13.9. The van der Waals surface area contributed by atoms with E-state index in [1.54, 1.807) is 6.07 Å². The SMILES string of the molecule is CC(O)CN(C)S(=O)(=O)c1c(N)cccc1Cl. The molecule has 0 saturated heterocycles. The molecule has 96 valence electrons. The Labute approximate surface area is 106 Å². The first kappa shape index (κ1) is 14.2. The highest BCUT2D eigenvalue weighted by Gasteiger charge is 2.26. The average Bonchev–Trinajstić information content (AvgIpc) is 2.15. The van der Waals surface area contributed by atoms with Crippen LogP contribution in [0.1, 0.15) is 6.92 Å². The van der Waals surface area contributed by atoms with E-state index in [4.69, 9.17) is 17.3 Å². The first-order chi connectivity index (χ1) is 7.76. The van der Waals surface area contributed by atoms with Crippen LogP contribution in [-0.4, -0.2) is 37.5 Å². The Balaban J connectivity index is 3.22. The van der Waals surface area contributed by atoms with Crippen molar-refractivity contribution >= 4 is 27.3 Å². The van der Waals surface area contributed by atoms with E-state index < -0.39 is 16.1 Å². The summed E-state index contributed by atoms with van der Waals surface area (Å²) in [5, 5.41) is 9.27. The molecule has 0 radical (unpaired) electrons. The maximum Gasteiger partial charge on any atom is 0.246 e. The highest BCUT2D eigenvalue weighted by molar-refractivity contribution is 7.89. The Morgan fingerprint density at radius 2 is 2.12 bits per heavy atom. The minimum Gasteiger partial charge on any atom is -0.398 e.